The molecule has 1 saturated heterocycles. The molecule has 13 nitrogen and oxygen atoms in total. The van der Waals surface area contributed by atoms with E-state index < -0.39 is 57.0 Å². The van der Waals surface area contributed by atoms with Crippen molar-refractivity contribution in [1.29, 1.82) is 0 Å². The maximum absolute atomic E-state index is 12.7. The number of para-hydroxylation sites is 1. The van der Waals surface area contributed by atoms with Crippen LogP contribution in [0.4, 0.5) is 0 Å². The number of nitrogens with one attached hydrogen (secondary N) is 1. The second-order valence-corrected chi connectivity index (χ2v) is 10.6. The number of aromatic nitrogens is 3. The van der Waals surface area contributed by atoms with Crippen LogP contribution in [0.5, 0.6) is 0 Å². The summed E-state index contributed by atoms with van der Waals surface area (Å²) in [5.41, 5.74) is 1.22. The van der Waals surface area contributed by atoms with E-state index in [9.17, 15) is 29.0 Å². The van der Waals surface area contributed by atoms with Crippen LogP contribution >= 0.6 is 7.82 Å². The molecule has 0 unspecified atom stereocenters. The van der Waals surface area contributed by atoms with E-state index >= 15 is 0 Å². The lowest BCUT2D eigenvalue weighted by Crippen LogP contribution is -2.58. The van der Waals surface area contributed by atoms with Gasteiger partial charge in [0.15, 0.2) is 12.3 Å². The summed E-state index contributed by atoms with van der Waals surface area (Å²) in [5.74, 6) is -1.50. The number of aliphatic hydroxyl groups excluding tert-OH is 1. The minimum Gasteiger partial charge on any atom is -0.460 e. The molecule has 0 saturated carbocycles. The largest absolute Gasteiger partial charge is 0.470 e. The highest BCUT2D eigenvalue weighted by molar-refractivity contribution is 7.46. The first-order valence-electron chi connectivity index (χ1n) is 12.2. The molecular formula is C25H30N3O10P. The van der Waals surface area contributed by atoms with Crippen molar-refractivity contribution in [1.82, 2.24) is 14.5 Å². The Bertz CT molecular complexity index is 1350. The van der Waals surface area contributed by atoms with Crippen LogP contribution < -0.4 is 0 Å². The van der Waals surface area contributed by atoms with Gasteiger partial charge in [0.25, 0.3) is 0 Å². The maximum Gasteiger partial charge on any atom is 0.470 e. The predicted octanol–water partition coefficient (Wildman–Crippen LogP) is 2.32. The number of hydrogen-bond acceptors (Lipinski definition) is 9. The Morgan fingerprint density at radius 2 is 2.00 bits per heavy atom. The topological polar surface area (TPSA) is 182 Å². The molecule has 4 rings (SSSR count). The third-order valence-corrected chi connectivity index (χ3v) is 6.47. The van der Waals surface area contributed by atoms with Crippen LogP contribution in [0, 0.1) is 5.92 Å². The van der Waals surface area contributed by atoms with Gasteiger partial charge in [0.05, 0.1) is 23.7 Å². The number of ether oxygens (including phenoxy) is 3. The molecule has 210 valence electrons. The summed E-state index contributed by atoms with van der Waals surface area (Å²) >= 11 is 0. The second-order valence-electron chi connectivity index (χ2n) is 9.42. The summed E-state index contributed by atoms with van der Waals surface area (Å²) in [5, 5.41) is 11.9. The van der Waals surface area contributed by atoms with Gasteiger partial charge in [-0.15, -0.1) is 0 Å². The molecule has 39 heavy (non-hydrogen) atoms. The van der Waals surface area contributed by atoms with Gasteiger partial charge >= 0.3 is 19.8 Å². The van der Waals surface area contributed by atoms with Gasteiger partial charge in [0, 0.05) is 18.7 Å². The van der Waals surface area contributed by atoms with Crippen LogP contribution in [0.3, 0.4) is 0 Å². The third-order valence-electron chi connectivity index (χ3n) is 5.95. The number of rotatable bonds is 10. The summed E-state index contributed by atoms with van der Waals surface area (Å²) in [4.78, 5) is 50.8. The molecule has 3 heterocycles. The van der Waals surface area contributed by atoms with Crippen LogP contribution in [0.2, 0.25) is 0 Å². The zero-order valence-corrected chi connectivity index (χ0v) is 22.1. The van der Waals surface area contributed by atoms with E-state index in [1.54, 1.807) is 42.8 Å². The van der Waals surface area contributed by atoms with Gasteiger partial charge in [0.1, 0.15) is 24.9 Å². The molecule has 1 fully saturated rings. The van der Waals surface area contributed by atoms with Crippen molar-refractivity contribution in [2.75, 3.05) is 6.61 Å². The molecule has 3 aromatic rings. The normalized spacial score (nSPS) is 23.9. The molecule has 5 atom stereocenters. The zero-order chi connectivity index (χ0) is 28.2. The zero-order valence-electron chi connectivity index (χ0n) is 21.2. The monoisotopic (exact) mass is 563 g/mol. The summed E-state index contributed by atoms with van der Waals surface area (Å²) < 4.78 is 35.4. The van der Waals surface area contributed by atoms with Gasteiger partial charge in [-0.2, -0.15) is 0 Å². The average Bonchev–Trinajstić information content (AvgIpc) is 3.53. The van der Waals surface area contributed by atoms with Gasteiger partial charge in [-0.25, -0.2) is 14.3 Å². The smallest absolute Gasteiger partial charge is 0.460 e. The molecule has 2 aromatic heterocycles. The highest BCUT2D eigenvalue weighted by Gasteiger charge is 2.51. The van der Waals surface area contributed by atoms with Crippen LogP contribution in [0.25, 0.3) is 17.0 Å². The molecule has 0 aliphatic carbocycles. The number of phosphoric acid groups is 1. The fourth-order valence-electron chi connectivity index (χ4n) is 4.26. The van der Waals surface area contributed by atoms with Crippen molar-refractivity contribution in [2.24, 2.45) is 5.92 Å². The first kappa shape index (κ1) is 28.7. The van der Waals surface area contributed by atoms with E-state index in [4.69, 9.17) is 18.7 Å². The van der Waals surface area contributed by atoms with E-state index in [-0.39, 0.29) is 12.3 Å². The number of fused-ring (bicyclic) bond motifs is 1. The van der Waals surface area contributed by atoms with Crippen molar-refractivity contribution < 1.29 is 47.8 Å². The minimum atomic E-state index is -5.18. The number of imidazole rings is 1. The number of aliphatic hydroxyl groups is 1. The minimum absolute atomic E-state index is 0.0120. The Kier molecular flexibility index (Phi) is 9.01. The van der Waals surface area contributed by atoms with Gasteiger partial charge in [-0.3, -0.25) is 9.32 Å². The number of carbonyl (C=O) groups is 2. The summed E-state index contributed by atoms with van der Waals surface area (Å²) in [6.07, 6.45) is -0.222. The molecule has 4 N–H and O–H groups in total. The van der Waals surface area contributed by atoms with Crippen LogP contribution in [0.1, 0.15) is 32.2 Å². The number of nitrogens with zero attached hydrogens (tertiary/aromatic N) is 2. The Balaban J connectivity index is 1.64. The molecule has 0 bridgehead atoms. The first-order chi connectivity index (χ1) is 18.5. The fraction of sp³-hybridized carbons (Fsp3) is 0.400. The molecule has 0 amide bonds. The summed E-state index contributed by atoms with van der Waals surface area (Å²) in [6, 6.07) is 9.02. The van der Waals surface area contributed by atoms with Crippen molar-refractivity contribution in [2.45, 2.75) is 50.9 Å². The van der Waals surface area contributed by atoms with Crippen molar-refractivity contribution in [3.05, 3.63) is 60.8 Å². The number of H-pyrrole nitrogens is 1. The predicted molar refractivity (Wildman–Crippen MR) is 137 cm³/mol. The molecule has 1 aliphatic heterocycles. The number of esters is 2. The van der Waals surface area contributed by atoms with Crippen molar-refractivity contribution in [3.63, 3.8) is 0 Å². The number of carbonyl (C=O) groups excluding carboxylic acids is 2. The standard InChI is InChI=1S/C25H30N3O10P/c1-15(2)11-21(30)37-24-23(38-39(32,33)34)22(31)19(13-35-20(29)8-7-17-12-26-14-27-17)36-25(24)28-10-9-16-5-3-4-6-18(16)28/h3-10,12,14-15,19,22-25,31H,11,13H2,1-2H3,(H,26,27)(H2,32,33,34)/b8-7+/t19-,22-,23+,24-,25-/m1/s1. The SMILES string of the molecule is CC(C)CC(=O)O[C@@H]1[C@@H](OP(=O)(O)O)[C@H](O)[C@@H](COC(=O)/C=C/c2cnc[nH]2)O[C@H]1n1ccc2ccccc21. The lowest BCUT2D eigenvalue weighted by molar-refractivity contribution is -0.255. The fourth-order valence-corrected chi connectivity index (χ4v) is 4.82. The highest BCUT2D eigenvalue weighted by Crippen LogP contribution is 2.44. The maximum atomic E-state index is 12.7. The Hall–Kier alpha value is -3.32. The Labute approximate surface area is 223 Å². The van der Waals surface area contributed by atoms with Gasteiger partial charge in [-0.05, 0) is 29.5 Å². The van der Waals surface area contributed by atoms with Crippen LogP contribution in [-0.4, -0.2) is 72.4 Å². The van der Waals surface area contributed by atoms with Gasteiger partial charge in [0.2, 0.25) is 0 Å². The van der Waals surface area contributed by atoms with Crippen molar-refractivity contribution >= 4 is 36.7 Å². The number of benzene rings is 1. The average molecular weight is 564 g/mol. The van der Waals surface area contributed by atoms with E-state index in [1.165, 1.54) is 18.6 Å². The number of hydrogen-bond donors (Lipinski definition) is 4. The summed E-state index contributed by atoms with van der Waals surface area (Å²) in [6.45, 7) is 3.12. The molecular weight excluding hydrogens is 533 g/mol. The van der Waals surface area contributed by atoms with E-state index in [1.807, 2.05) is 12.1 Å². The molecule has 1 aromatic carbocycles. The van der Waals surface area contributed by atoms with Crippen molar-refractivity contribution in [3.8, 4) is 0 Å². The molecule has 1 aliphatic rings. The van der Waals surface area contributed by atoms with Crippen LogP contribution in [-0.2, 0) is 32.9 Å². The lowest BCUT2D eigenvalue weighted by Gasteiger charge is -2.44. The lowest BCUT2D eigenvalue weighted by atomic mass is 9.97. The second kappa shape index (κ2) is 12.2. The van der Waals surface area contributed by atoms with E-state index in [0.29, 0.717) is 11.2 Å². The number of aromatic amines is 1. The molecule has 14 heteroatoms. The molecule has 0 spiro atoms. The number of phosphoric ester groups is 1. The highest BCUT2D eigenvalue weighted by atomic mass is 31.2. The van der Waals surface area contributed by atoms with Crippen LogP contribution in [0.15, 0.2) is 55.1 Å². The Morgan fingerprint density at radius 1 is 1.23 bits per heavy atom. The third kappa shape index (κ3) is 7.41. The summed E-state index contributed by atoms with van der Waals surface area (Å²) in [7, 11) is -5.18. The van der Waals surface area contributed by atoms with E-state index in [2.05, 4.69) is 9.97 Å². The quantitative estimate of drug-likeness (QED) is 0.161. The van der Waals surface area contributed by atoms with Gasteiger partial charge < -0.3 is 38.7 Å². The van der Waals surface area contributed by atoms with E-state index in [0.717, 1.165) is 11.5 Å². The Morgan fingerprint density at radius 3 is 2.69 bits per heavy atom. The molecule has 0 radical (unpaired) electrons. The first-order valence-corrected chi connectivity index (χ1v) is 13.7. The van der Waals surface area contributed by atoms with Gasteiger partial charge in [-0.1, -0.05) is 32.0 Å².